The van der Waals surface area contributed by atoms with Crippen molar-refractivity contribution in [2.75, 3.05) is 31.6 Å². The summed E-state index contributed by atoms with van der Waals surface area (Å²) in [4.78, 5) is 29.8. The maximum absolute atomic E-state index is 14.6. The molecule has 4 aromatic rings. The zero-order valence-corrected chi connectivity index (χ0v) is 29.3. The fourth-order valence-corrected chi connectivity index (χ4v) is 6.68. The number of benzene rings is 4. The molecule has 0 saturated carbocycles. The number of carbonyl (C=O) groups is 2. The van der Waals surface area contributed by atoms with Crippen molar-refractivity contribution in [1.82, 2.24) is 10.2 Å². The van der Waals surface area contributed by atoms with E-state index in [-0.39, 0.29) is 35.4 Å². The molecule has 47 heavy (non-hydrogen) atoms. The number of para-hydroxylation sites is 1. The van der Waals surface area contributed by atoms with Crippen LogP contribution in [0.5, 0.6) is 11.5 Å². The van der Waals surface area contributed by atoms with E-state index in [9.17, 15) is 18.0 Å². The third kappa shape index (κ3) is 9.36. The van der Waals surface area contributed by atoms with Crippen molar-refractivity contribution in [3.05, 3.63) is 119 Å². The Bertz CT molecular complexity index is 1740. The van der Waals surface area contributed by atoms with Crippen LogP contribution in [0.15, 0.2) is 112 Å². The lowest BCUT2D eigenvalue weighted by Gasteiger charge is -2.34. The number of rotatable bonds is 15. The summed E-state index contributed by atoms with van der Waals surface area (Å²) < 4.78 is 41.2. The molecule has 0 saturated heterocycles. The minimum absolute atomic E-state index is 0.0811. The number of nitrogens with one attached hydrogen (secondary N) is 1. The van der Waals surface area contributed by atoms with Crippen LogP contribution < -0.4 is 19.1 Å². The van der Waals surface area contributed by atoms with Crippen LogP contribution >= 0.6 is 15.9 Å². The lowest BCUT2D eigenvalue weighted by molar-refractivity contribution is -0.140. The first-order chi connectivity index (χ1) is 22.5. The van der Waals surface area contributed by atoms with Gasteiger partial charge in [0.25, 0.3) is 10.0 Å². The van der Waals surface area contributed by atoms with Crippen LogP contribution in [0.25, 0.3) is 0 Å². The molecule has 4 aromatic carbocycles. The van der Waals surface area contributed by atoms with Crippen LogP contribution in [0.2, 0.25) is 0 Å². The van der Waals surface area contributed by atoms with Crippen molar-refractivity contribution in [3.8, 4) is 11.5 Å². The third-order valence-corrected chi connectivity index (χ3v) is 9.79. The minimum Gasteiger partial charge on any atom is -0.493 e. The van der Waals surface area contributed by atoms with Gasteiger partial charge in [0, 0.05) is 30.0 Å². The molecule has 0 aromatic heterocycles. The van der Waals surface area contributed by atoms with E-state index in [4.69, 9.17) is 9.47 Å². The summed E-state index contributed by atoms with van der Waals surface area (Å²) in [5.41, 5.74) is 1.94. The molecule has 0 bridgehead atoms. The van der Waals surface area contributed by atoms with Gasteiger partial charge < -0.3 is 19.7 Å². The van der Waals surface area contributed by atoms with Gasteiger partial charge in [0.05, 0.1) is 24.8 Å². The van der Waals surface area contributed by atoms with Crippen LogP contribution in [0.3, 0.4) is 0 Å². The fraction of sp³-hybridized carbons (Fsp3) is 0.278. The van der Waals surface area contributed by atoms with Crippen LogP contribution in [-0.4, -0.2) is 58.5 Å². The van der Waals surface area contributed by atoms with Gasteiger partial charge in [0.2, 0.25) is 11.8 Å². The Morgan fingerprint density at radius 2 is 1.43 bits per heavy atom. The molecule has 0 radical (unpaired) electrons. The van der Waals surface area contributed by atoms with E-state index in [1.54, 1.807) is 30.3 Å². The maximum Gasteiger partial charge on any atom is 0.264 e. The lowest BCUT2D eigenvalue weighted by Crippen LogP contribution is -2.53. The van der Waals surface area contributed by atoms with E-state index in [0.717, 1.165) is 19.9 Å². The number of ether oxygens (including phenoxy) is 2. The molecule has 9 nitrogen and oxygen atoms in total. The molecular weight excluding hydrogens is 682 g/mol. The molecular formula is C36H40BrN3O6S. The molecule has 248 valence electrons. The number of halogens is 1. The molecule has 0 aliphatic rings. The van der Waals surface area contributed by atoms with Crippen LogP contribution in [0.4, 0.5) is 5.69 Å². The van der Waals surface area contributed by atoms with Crippen LogP contribution in [0, 0.1) is 5.92 Å². The van der Waals surface area contributed by atoms with Crippen LogP contribution in [0.1, 0.15) is 25.0 Å². The second kappa shape index (κ2) is 16.5. The maximum atomic E-state index is 14.6. The molecule has 1 N–H and O–H groups in total. The van der Waals surface area contributed by atoms with Crippen molar-refractivity contribution in [2.45, 2.75) is 37.8 Å². The van der Waals surface area contributed by atoms with Gasteiger partial charge in [-0.15, -0.1) is 0 Å². The van der Waals surface area contributed by atoms with Crippen molar-refractivity contribution in [1.29, 1.82) is 0 Å². The normalized spacial score (nSPS) is 11.9. The smallest absolute Gasteiger partial charge is 0.264 e. The van der Waals surface area contributed by atoms with E-state index in [0.29, 0.717) is 18.0 Å². The number of methoxy groups -OCH3 is 2. The predicted octanol–water partition coefficient (Wildman–Crippen LogP) is 6.07. The zero-order chi connectivity index (χ0) is 34.0. The van der Waals surface area contributed by atoms with E-state index in [2.05, 4.69) is 21.2 Å². The third-order valence-electron chi connectivity index (χ3n) is 7.49. The molecule has 11 heteroatoms. The fourth-order valence-electron chi connectivity index (χ4n) is 4.99. The van der Waals surface area contributed by atoms with Crippen molar-refractivity contribution in [3.63, 3.8) is 0 Å². The Balaban J connectivity index is 1.80. The number of carbonyl (C=O) groups excluding carboxylic acids is 2. The van der Waals surface area contributed by atoms with Gasteiger partial charge in [-0.2, -0.15) is 0 Å². The molecule has 0 aliphatic carbocycles. The van der Waals surface area contributed by atoms with Crippen molar-refractivity contribution < 1.29 is 27.5 Å². The summed E-state index contributed by atoms with van der Waals surface area (Å²) in [5, 5.41) is 3.00. The number of hydrogen-bond acceptors (Lipinski definition) is 6. The van der Waals surface area contributed by atoms with Gasteiger partial charge in [-0.25, -0.2) is 8.42 Å². The first-order valence-corrected chi connectivity index (χ1v) is 17.4. The van der Waals surface area contributed by atoms with Gasteiger partial charge in [-0.1, -0.05) is 90.4 Å². The molecule has 0 fully saturated rings. The SMILES string of the molecule is COc1ccc(S(=O)(=O)N(CC(=O)N(Cc2ccc(Br)cc2)C(Cc2ccccc2)C(=O)NCC(C)C)c2ccccc2)cc1OC. The van der Waals surface area contributed by atoms with E-state index in [1.807, 2.05) is 68.4 Å². The molecule has 2 amide bonds. The zero-order valence-electron chi connectivity index (χ0n) is 26.9. The summed E-state index contributed by atoms with van der Waals surface area (Å²) in [7, 11) is -1.42. The molecule has 0 aliphatic heterocycles. The summed E-state index contributed by atoms with van der Waals surface area (Å²) in [5.74, 6) is -0.0734. The van der Waals surface area contributed by atoms with Gasteiger partial charge in [-0.05, 0) is 53.4 Å². The van der Waals surface area contributed by atoms with Gasteiger partial charge >= 0.3 is 0 Å². The number of anilines is 1. The first-order valence-electron chi connectivity index (χ1n) is 15.2. The average Bonchev–Trinajstić information content (AvgIpc) is 3.08. The highest BCUT2D eigenvalue weighted by molar-refractivity contribution is 9.10. The Labute approximate surface area is 285 Å². The summed E-state index contributed by atoms with van der Waals surface area (Å²) in [6.07, 6.45) is 0.237. The summed E-state index contributed by atoms with van der Waals surface area (Å²) in [6.45, 7) is 3.94. The highest BCUT2D eigenvalue weighted by Crippen LogP contribution is 2.32. The monoisotopic (exact) mass is 721 g/mol. The topological polar surface area (TPSA) is 105 Å². The Morgan fingerprint density at radius 3 is 2.02 bits per heavy atom. The molecule has 1 atom stereocenters. The van der Waals surface area contributed by atoms with Crippen molar-refractivity contribution in [2.24, 2.45) is 5.92 Å². The standard InChI is InChI=1S/C36H40BrN3O6S/c1-26(2)23-38-36(42)32(21-27-11-7-5-8-12-27)39(24-28-15-17-29(37)18-16-28)35(41)25-40(30-13-9-6-10-14-30)47(43,44)31-19-20-33(45-3)34(22-31)46-4/h5-20,22,26,32H,21,23-25H2,1-4H3,(H,38,42). The summed E-state index contributed by atoms with van der Waals surface area (Å²) >= 11 is 3.46. The average molecular weight is 723 g/mol. The Kier molecular flexibility index (Phi) is 12.4. The second-order valence-electron chi connectivity index (χ2n) is 11.4. The van der Waals surface area contributed by atoms with Gasteiger partial charge in [0.1, 0.15) is 12.6 Å². The number of amides is 2. The number of nitrogens with zero attached hydrogens (tertiary/aromatic N) is 2. The second-order valence-corrected chi connectivity index (χ2v) is 14.1. The Morgan fingerprint density at radius 1 is 0.809 bits per heavy atom. The van der Waals surface area contributed by atoms with Crippen molar-refractivity contribution >= 4 is 43.5 Å². The summed E-state index contributed by atoms with van der Waals surface area (Å²) in [6, 6.07) is 28.7. The number of hydrogen-bond donors (Lipinski definition) is 1. The highest BCUT2D eigenvalue weighted by atomic mass is 79.9. The quantitative estimate of drug-likeness (QED) is 0.160. The van der Waals surface area contributed by atoms with Gasteiger partial charge in [-0.3, -0.25) is 13.9 Å². The van der Waals surface area contributed by atoms with Gasteiger partial charge in [0.15, 0.2) is 11.5 Å². The molecule has 4 rings (SSSR count). The highest BCUT2D eigenvalue weighted by Gasteiger charge is 2.35. The first kappa shape index (κ1) is 35.5. The molecule has 1 unspecified atom stereocenters. The largest absolute Gasteiger partial charge is 0.493 e. The lowest BCUT2D eigenvalue weighted by atomic mass is 10.0. The molecule has 0 heterocycles. The van der Waals surface area contributed by atoms with E-state index in [1.165, 1.54) is 37.3 Å². The minimum atomic E-state index is -4.30. The predicted molar refractivity (Wildman–Crippen MR) is 187 cm³/mol. The number of sulfonamides is 1. The molecule has 0 spiro atoms. The van der Waals surface area contributed by atoms with Crippen LogP contribution in [-0.2, 0) is 32.6 Å². The Hall–Kier alpha value is -4.35. The van der Waals surface area contributed by atoms with E-state index >= 15 is 0 Å². The van der Waals surface area contributed by atoms with E-state index < -0.39 is 28.5 Å².